The molecule has 1 aromatic rings. The van der Waals surface area contributed by atoms with Crippen LogP contribution in [0.5, 0.6) is 5.75 Å². The van der Waals surface area contributed by atoms with Crippen LogP contribution < -0.4 is 4.74 Å². The van der Waals surface area contributed by atoms with Crippen LogP contribution in [0, 0.1) is 11.3 Å². The van der Waals surface area contributed by atoms with Gasteiger partial charge in [0.15, 0.2) is 6.29 Å². The third-order valence-corrected chi connectivity index (χ3v) is 5.18. The molecule has 0 amide bonds. The lowest BCUT2D eigenvalue weighted by atomic mass is 9.76. The van der Waals surface area contributed by atoms with E-state index in [2.05, 4.69) is 58.9 Å². The molecule has 2 nitrogen and oxygen atoms in total. The Morgan fingerprint density at radius 3 is 2.08 bits per heavy atom. The molecule has 0 bridgehead atoms. The van der Waals surface area contributed by atoms with Crippen LogP contribution >= 0.6 is 0 Å². The summed E-state index contributed by atoms with van der Waals surface area (Å²) in [5.41, 5.74) is 1.75. The van der Waals surface area contributed by atoms with Crippen LogP contribution in [-0.2, 0) is 4.74 Å². The first-order chi connectivity index (χ1) is 11.7. The van der Waals surface area contributed by atoms with Gasteiger partial charge in [0.2, 0.25) is 0 Å². The highest BCUT2D eigenvalue weighted by molar-refractivity contribution is 5.30. The monoisotopic (exact) mass is 346 g/mol. The van der Waals surface area contributed by atoms with Gasteiger partial charge in [0.05, 0.1) is 6.10 Å². The second-order valence-electron chi connectivity index (χ2n) is 9.27. The van der Waals surface area contributed by atoms with E-state index in [-0.39, 0.29) is 6.29 Å². The number of hydrogen-bond donors (Lipinski definition) is 0. The topological polar surface area (TPSA) is 18.5 Å². The Morgan fingerprint density at radius 1 is 0.960 bits per heavy atom. The number of ether oxygens (including phenoxy) is 2. The molecule has 0 aromatic heterocycles. The molecule has 142 valence electrons. The number of benzene rings is 1. The van der Waals surface area contributed by atoms with E-state index < -0.39 is 0 Å². The van der Waals surface area contributed by atoms with Crippen LogP contribution in [0.15, 0.2) is 24.3 Å². The van der Waals surface area contributed by atoms with Crippen LogP contribution in [0.1, 0.15) is 91.5 Å². The van der Waals surface area contributed by atoms with Crippen molar-refractivity contribution in [2.45, 2.75) is 98.4 Å². The minimum absolute atomic E-state index is 0.176. The summed E-state index contributed by atoms with van der Waals surface area (Å²) < 4.78 is 12.0. The molecule has 1 aliphatic rings. The van der Waals surface area contributed by atoms with Gasteiger partial charge in [-0.15, -0.1) is 0 Å². The Bertz CT molecular complexity index is 492. The Labute approximate surface area is 155 Å². The van der Waals surface area contributed by atoms with E-state index in [0.717, 1.165) is 5.75 Å². The van der Waals surface area contributed by atoms with Crippen molar-refractivity contribution >= 4 is 0 Å². The first kappa shape index (κ1) is 20.3. The van der Waals surface area contributed by atoms with Gasteiger partial charge in [0.25, 0.3) is 0 Å². The Kier molecular flexibility index (Phi) is 7.37. The van der Waals surface area contributed by atoms with Crippen molar-refractivity contribution < 1.29 is 9.47 Å². The van der Waals surface area contributed by atoms with E-state index in [9.17, 15) is 0 Å². The van der Waals surface area contributed by atoms with Gasteiger partial charge in [0, 0.05) is 0 Å². The predicted molar refractivity (Wildman–Crippen MR) is 106 cm³/mol. The molecule has 1 aliphatic carbocycles. The Morgan fingerprint density at radius 2 is 1.56 bits per heavy atom. The maximum absolute atomic E-state index is 6.05. The van der Waals surface area contributed by atoms with Crippen LogP contribution in [-0.4, -0.2) is 12.4 Å². The molecule has 2 unspecified atom stereocenters. The van der Waals surface area contributed by atoms with E-state index in [1.807, 2.05) is 6.92 Å². The van der Waals surface area contributed by atoms with E-state index in [4.69, 9.17) is 9.47 Å². The maximum atomic E-state index is 6.05. The van der Waals surface area contributed by atoms with Crippen molar-refractivity contribution in [1.29, 1.82) is 0 Å². The zero-order chi connectivity index (χ0) is 18.4. The highest BCUT2D eigenvalue weighted by Crippen LogP contribution is 2.36. The summed E-state index contributed by atoms with van der Waals surface area (Å²) in [4.78, 5) is 0. The Hall–Kier alpha value is -1.02. The first-order valence-corrected chi connectivity index (χ1v) is 10.2. The van der Waals surface area contributed by atoms with Gasteiger partial charge < -0.3 is 9.47 Å². The quantitative estimate of drug-likeness (QED) is 0.498. The van der Waals surface area contributed by atoms with E-state index in [1.165, 1.54) is 44.1 Å². The van der Waals surface area contributed by atoms with Crippen LogP contribution in [0.25, 0.3) is 0 Å². The van der Waals surface area contributed by atoms with Crippen molar-refractivity contribution in [1.82, 2.24) is 0 Å². The van der Waals surface area contributed by atoms with Crippen molar-refractivity contribution in [2.24, 2.45) is 11.3 Å². The first-order valence-electron chi connectivity index (χ1n) is 10.2. The Balaban J connectivity index is 1.93. The maximum Gasteiger partial charge on any atom is 0.197 e. The zero-order valence-corrected chi connectivity index (χ0v) is 17.2. The minimum atomic E-state index is -0.176. The second-order valence-corrected chi connectivity index (χ2v) is 9.27. The number of rotatable bonds is 7. The van der Waals surface area contributed by atoms with Crippen molar-refractivity contribution in [2.75, 3.05) is 0 Å². The van der Waals surface area contributed by atoms with E-state index >= 15 is 0 Å². The summed E-state index contributed by atoms with van der Waals surface area (Å²) >= 11 is 0. The molecule has 0 radical (unpaired) electrons. The summed E-state index contributed by atoms with van der Waals surface area (Å²) in [7, 11) is 0. The van der Waals surface area contributed by atoms with Gasteiger partial charge in [-0.2, -0.15) is 0 Å². The number of hydrogen-bond acceptors (Lipinski definition) is 2. The van der Waals surface area contributed by atoms with Crippen LogP contribution in [0.2, 0.25) is 0 Å². The SMILES string of the molecule is CC(Oc1ccc(C(CC(C)(C)C)C(C)C)cc1)OC1CCCCC1. The van der Waals surface area contributed by atoms with Crippen molar-refractivity contribution in [3.8, 4) is 5.75 Å². The fraction of sp³-hybridized carbons (Fsp3) is 0.739. The summed E-state index contributed by atoms with van der Waals surface area (Å²) in [5, 5.41) is 0. The van der Waals surface area contributed by atoms with Crippen molar-refractivity contribution in [3.05, 3.63) is 29.8 Å². The van der Waals surface area contributed by atoms with Gasteiger partial charge in [-0.3, -0.25) is 0 Å². The van der Waals surface area contributed by atoms with Crippen LogP contribution in [0.3, 0.4) is 0 Å². The molecule has 0 heterocycles. The predicted octanol–water partition coefficient (Wildman–Crippen LogP) is 6.94. The van der Waals surface area contributed by atoms with Gasteiger partial charge in [-0.25, -0.2) is 0 Å². The van der Waals surface area contributed by atoms with Crippen LogP contribution in [0.4, 0.5) is 0 Å². The molecule has 0 spiro atoms. The summed E-state index contributed by atoms with van der Waals surface area (Å²) in [6.07, 6.45) is 7.68. The highest BCUT2D eigenvalue weighted by atomic mass is 16.7. The molecule has 2 atom stereocenters. The molecular formula is C23H38O2. The molecule has 2 rings (SSSR count). The standard InChI is InChI=1S/C23H38O2/c1-17(2)22(16-23(4,5)6)19-12-14-21(15-13-19)25-18(3)24-20-10-8-7-9-11-20/h12-15,17-18,20,22H,7-11,16H2,1-6H3. The highest BCUT2D eigenvalue weighted by Gasteiger charge is 2.23. The second kappa shape index (κ2) is 9.07. The summed E-state index contributed by atoms with van der Waals surface area (Å²) in [6.45, 7) is 13.6. The smallest absolute Gasteiger partial charge is 0.197 e. The van der Waals surface area contributed by atoms with Gasteiger partial charge in [0.1, 0.15) is 5.75 Å². The van der Waals surface area contributed by atoms with E-state index in [1.54, 1.807) is 0 Å². The minimum Gasteiger partial charge on any atom is -0.465 e. The molecule has 0 N–H and O–H groups in total. The fourth-order valence-corrected chi connectivity index (χ4v) is 3.88. The lowest BCUT2D eigenvalue weighted by Crippen LogP contribution is -2.26. The third kappa shape index (κ3) is 7.01. The molecule has 1 fully saturated rings. The fourth-order valence-electron chi connectivity index (χ4n) is 3.88. The average molecular weight is 347 g/mol. The third-order valence-electron chi connectivity index (χ3n) is 5.18. The van der Waals surface area contributed by atoms with Gasteiger partial charge in [-0.1, -0.05) is 66.0 Å². The molecule has 1 saturated carbocycles. The summed E-state index contributed by atoms with van der Waals surface area (Å²) in [5.74, 6) is 2.13. The van der Waals surface area contributed by atoms with Gasteiger partial charge in [-0.05, 0) is 61.1 Å². The molecule has 0 saturated heterocycles. The molecule has 1 aromatic carbocycles. The largest absolute Gasteiger partial charge is 0.465 e. The summed E-state index contributed by atoms with van der Waals surface area (Å²) in [6, 6.07) is 8.68. The van der Waals surface area contributed by atoms with E-state index in [0.29, 0.717) is 23.4 Å². The lowest BCUT2D eigenvalue weighted by Gasteiger charge is -2.29. The molecule has 25 heavy (non-hydrogen) atoms. The zero-order valence-electron chi connectivity index (χ0n) is 17.2. The van der Waals surface area contributed by atoms with Gasteiger partial charge >= 0.3 is 0 Å². The lowest BCUT2D eigenvalue weighted by molar-refractivity contribution is -0.116. The molecule has 2 heteroatoms. The normalized spacial score (nSPS) is 19.0. The molecular weight excluding hydrogens is 308 g/mol. The molecule has 0 aliphatic heterocycles. The van der Waals surface area contributed by atoms with Crippen molar-refractivity contribution in [3.63, 3.8) is 0 Å². The average Bonchev–Trinajstić information content (AvgIpc) is 2.53.